The Hall–Kier alpha value is -4.44. The fourth-order valence-electron chi connectivity index (χ4n) is 4.67. The van der Waals surface area contributed by atoms with Crippen LogP contribution in [-0.2, 0) is 17.9 Å². The zero-order valence-corrected chi connectivity index (χ0v) is 20.2. The van der Waals surface area contributed by atoms with Gasteiger partial charge in [-0.25, -0.2) is 14.8 Å². The molecule has 1 aromatic heterocycles. The van der Waals surface area contributed by atoms with Gasteiger partial charge in [-0.2, -0.15) is 0 Å². The molecule has 4 heterocycles. The van der Waals surface area contributed by atoms with Crippen LogP contribution in [0.5, 0.6) is 11.5 Å². The second-order valence-electron chi connectivity index (χ2n) is 9.09. The van der Waals surface area contributed by atoms with E-state index in [9.17, 15) is 9.59 Å². The molecule has 0 unspecified atom stereocenters. The quantitative estimate of drug-likeness (QED) is 0.409. The van der Waals surface area contributed by atoms with E-state index in [2.05, 4.69) is 31.2 Å². The number of amides is 3. The van der Waals surface area contributed by atoms with Crippen molar-refractivity contribution in [3.63, 3.8) is 0 Å². The van der Waals surface area contributed by atoms with Crippen molar-refractivity contribution in [2.24, 2.45) is 0 Å². The minimum Gasteiger partial charge on any atom is -0.454 e. The molecule has 0 saturated carbocycles. The minimum absolute atomic E-state index is 0.270. The van der Waals surface area contributed by atoms with Crippen LogP contribution < -0.4 is 19.7 Å². The van der Waals surface area contributed by atoms with E-state index < -0.39 is 11.9 Å². The van der Waals surface area contributed by atoms with E-state index in [0.717, 1.165) is 49.8 Å². The van der Waals surface area contributed by atoms with Crippen LogP contribution in [0.3, 0.4) is 0 Å². The van der Waals surface area contributed by atoms with Crippen molar-refractivity contribution in [2.45, 2.75) is 13.1 Å². The molecule has 1 N–H and O–H groups in total. The number of aromatic nitrogens is 2. The lowest BCUT2D eigenvalue weighted by molar-refractivity contribution is -0.116. The van der Waals surface area contributed by atoms with Gasteiger partial charge in [-0.05, 0) is 35.4 Å². The topological polar surface area (TPSA) is 100 Å². The van der Waals surface area contributed by atoms with E-state index in [1.807, 2.05) is 42.5 Å². The molecule has 2 saturated heterocycles. The number of carbonyl (C=O) groups is 2. The van der Waals surface area contributed by atoms with Gasteiger partial charge >= 0.3 is 6.03 Å². The van der Waals surface area contributed by atoms with E-state index in [0.29, 0.717) is 18.2 Å². The Bertz CT molecular complexity index is 1350. The molecule has 0 aliphatic carbocycles. The summed E-state index contributed by atoms with van der Waals surface area (Å²) in [6.07, 6.45) is 3.33. The average molecular weight is 499 g/mol. The van der Waals surface area contributed by atoms with Gasteiger partial charge in [-0.1, -0.05) is 36.4 Å². The zero-order valence-electron chi connectivity index (χ0n) is 20.2. The van der Waals surface area contributed by atoms with E-state index in [1.54, 1.807) is 18.3 Å². The third kappa shape index (κ3) is 4.96. The summed E-state index contributed by atoms with van der Waals surface area (Å²) in [4.78, 5) is 40.0. The Kier molecular flexibility index (Phi) is 6.15. The van der Waals surface area contributed by atoms with Gasteiger partial charge in [-0.15, -0.1) is 0 Å². The van der Waals surface area contributed by atoms with Crippen molar-refractivity contribution in [3.8, 4) is 11.5 Å². The SMILES string of the molecule is O=C1NC(=O)N(Cc2ccccc2)C1=Cc1ccnc(N2CCN(Cc3ccc4c(c3)OCO4)CC2)n1. The van der Waals surface area contributed by atoms with Crippen molar-refractivity contribution >= 4 is 24.0 Å². The number of ether oxygens (including phenoxy) is 2. The number of hydrogen-bond donors (Lipinski definition) is 1. The number of carbonyl (C=O) groups excluding carboxylic acids is 2. The molecule has 0 radical (unpaired) electrons. The predicted octanol–water partition coefficient (Wildman–Crippen LogP) is 2.62. The second-order valence-corrected chi connectivity index (χ2v) is 9.09. The predicted molar refractivity (Wildman–Crippen MR) is 136 cm³/mol. The van der Waals surface area contributed by atoms with E-state index in [1.165, 1.54) is 10.5 Å². The molecule has 0 bridgehead atoms. The van der Waals surface area contributed by atoms with Crippen LogP contribution in [0.4, 0.5) is 10.7 Å². The smallest absolute Gasteiger partial charge is 0.329 e. The molecule has 37 heavy (non-hydrogen) atoms. The number of urea groups is 1. The van der Waals surface area contributed by atoms with Crippen LogP contribution >= 0.6 is 0 Å². The third-order valence-corrected chi connectivity index (χ3v) is 6.62. The molecule has 6 rings (SSSR count). The number of fused-ring (bicyclic) bond motifs is 1. The van der Waals surface area contributed by atoms with Crippen molar-refractivity contribution in [1.29, 1.82) is 0 Å². The van der Waals surface area contributed by atoms with E-state index in [4.69, 9.17) is 9.47 Å². The molecular formula is C27H26N6O4. The van der Waals surface area contributed by atoms with E-state index in [-0.39, 0.29) is 12.5 Å². The summed E-state index contributed by atoms with van der Waals surface area (Å²) in [6, 6.07) is 16.9. The molecule has 3 aromatic rings. The number of hydrogen-bond acceptors (Lipinski definition) is 8. The molecule has 2 fully saturated rings. The molecule has 10 nitrogen and oxygen atoms in total. The summed E-state index contributed by atoms with van der Waals surface area (Å²) in [5, 5.41) is 2.38. The van der Waals surface area contributed by atoms with Crippen LogP contribution in [0.15, 0.2) is 66.5 Å². The van der Waals surface area contributed by atoms with Crippen molar-refractivity contribution in [3.05, 3.63) is 83.3 Å². The number of imide groups is 1. The van der Waals surface area contributed by atoms with Gasteiger partial charge in [-0.3, -0.25) is 19.9 Å². The largest absolute Gasteiger partial charge is 0.454 e. The number of nitrogens with one attached hydrogen (secondary N) is 1. The first-order valence-corrected chi connectivity index (χ1v) is 12.2. The van der Waals surface area contributed by atoms with E-state index >= 15 is 0 Å². The highest BCUT2D eigenvalue weighted by atomic mass is 16.7. The van der Waals surface area contributed by atoms with Crippen LogP contribution in [0.2, 0.25) is 0 Å². The van der Waals surface area contributed by atoms with Crippen LogP contribution in [-0.4, -0.2) is 64.7 Å². The lowest BCUT2D eigenvalue weighted by Gasteiger charge is -2.34. The molecule has 0 atom stereocenters. The van der Waals surface area contributed by atoms with Gasteiger partial charge in [0.15, 0.2) is 11.5 Å². The van der Waals surface area contributed by atoms with Crippen molar-refractivity contribution in [1.82, 2.24) is 25.1 Å². The first-order valence-electron chi connectivity index (χ1n) is 12.2. The summed E-state index contributed by atoms with van der Waals surface area (Å²) < 4.78 is 10.9. The summed E-state index contributed by atoms with van der Waals surface area (Å²) in [5.74, 6) is 1.77. The van der Waals surface area contributed by atoms with Gasteiger partial charge in [0.05, 0.1) is 12.2 Å². The first kappa shape index (κ1) is 23.0. The first-order chi connectivity index (χ1) is 18.1. The Morgan fingerprint density at radius 3 is 2.54 bits per heavy atom. The standard InChI is InChI=1S/C27H26N6O4/c34-25-22(33(27(35)30-25)17-19-4-2-1-3-5-19)15-21-8-9-28-26(29-21)32-12-10-31(11-13-32)16-20-6-7-23-24(14-20)37-18-36-23/h1-9,14-15H,10-13,16-18H2,(H,30,34,35). The fraction of sp³-hybridized carbons (Fsp3) is 0.259. The Labute approximate surface area is 214 Å². The summed E-state index contributed by atoms with van der Waals surface area (Å²) >= 11 is 0. The molecule has 2 aromatic carbocycles. The Morgan fingerprint density at radius 1 is 0.892 bits per heavy atom. The Morgan fingerprint density at radius 2 is 1.70 bits per heavy atom. The monoisotopic (exact) mass is 498 g/mol. The highest BCUT2D eigenvalue weighted by Gasteiger charge is 2.33. The van der Waals surface area contributed by atoms with Crippen LogP contribution in [0.1, 0.15) is 16.8 Å². The second kappa shape index (κ2) is 9.90. The summed E-state index contributed by atoms with van der Waals surface area (Å²) in [7, 11) is 0. The molecule has 3 amide bonds. The fourth-order valence-corrected chi connectivity index (χ4v) is 4.67. The molecule has 10 heteroatoms. The highest BCUT2D eigenvalue weighted by Crippen LogP contribution is 2.33. The molecule has 3 aliphatic heterocycles. The maximum absolute atomic E-state index is 12.5. The average Bonchev–Trinajstić information content (AvgIpc) is 3.49. The summed E-state index contributed by atoms with van der Waals surface area (Å²) in [5.41, 5.74) is 2.96. The number of rotatable bonds is 6. The molecular weight excluding hydrogens is 472 g/mol. The zero-order chi connectivity index (χ0) is 25.2. The van der Waals surface area contributed by atoms with Gasteiger partial charge in [0.2, 0.25) is 12.7 Å². The molecule has 3 aliphatic rings. The van der Waals surface area contributed by atoms with Gasteiger partial charge in [0, 0.05) is 38.9 Å². The normalized spacial score (nSPS) is 18.5. The Balaban J connectivity index is 1.12. The summed E-state index contributed by atoms with van der Waals surface area (Å²) in [6.45, 7) is 4.70. The lowest BCUT2D eigenvalue weighted by Crippen LogP contribution is -2.46. The lowest BCUT2D eigenvalue weighted by atomic mass is 10.1. The maximum Gasteiger partial charge on any atom is 0.329 e. The number of nitrogens with zero attached hydrogens (tertiary/aromatic N) is 5. The van der Waals surface area contributed by atoms with Crippen molar-refractivity contribution < 1.29 is 19.1 Å². The van der Waals surface area contributed by atoms with Gasteiger partial charge < -0.3 is 14.4 Å². The number of piperazine rings is 1. The van der Waals surface area contributed by atoms with Crippen LogP contribution in [0, 0.1) is 0 Å². The minimum atomic E-state index is -0.437. The van der Waals surface area contributed by atoms with Gasteiger partial charge in [0.1, 0.15) is 5.70 Å². The molecule has 0 spiro atoms. The van der Waals surface area contributed by atoms with Crippen LogP contribution in [0.25, 0.3) is 6.08 Å². The number of benzene rings is 2. The van der Waals surface area contributed by atoms with Crippen molar-refractivity contribution in [2.75, 3.05) is 37.9 Å². The molecule has 188 valence electrons. The third-order valence-electron chi connectivity index (χ3n) is 6.62. The number of anilines is 1. The van der Waals surface area contributed by atoms with Gasteiger partial charge in [0.25, 0.3) is 5.91 Å². The highest BCUT2D eigenvalue weighted by molar-refractivity contribution is 6.13. The maximum atomic E-state index is 12.5.